The Hall–Kier alpha value is -1.46. The second kappa shape index (κ2) is 5.46. The summed E-state index contributed by atoms with van der Waals surface area (Å²) in [5, 5.41) is 11.6. The topological polar surface area (TPSA) is 78.9 Å². The molecule has 1 aliphatic heterocycles. The first-order chi connectivity index (χ1) is 8.19. The maximum Gasteiger partial charge on any atom is 0.407 e. The van der Waals surface area contributed by atoms with Gasteiger partial charge in [0.15, 0.2) is 0 Å². The highest BCUT2D eigenvalue weighted by Gasteiger charge is 2.31. The summed E-state index contributed by atoms with van der Waals surface area (Å²) >= 11 is 0. The van der Waals surface area contributed by atoms with Crippen LogP contribution >= 0.6 is 0 Å². The highest BCUT2D eigenvalue weighted by Crippen LogP contribution is 2.20. The summed E-state index contributed by atoms with van der Waals surface area (Å²) in [5.41, 5.74) is -0.521. The Balaban J connectivity index is 2.40. The van der Waals surface area contributed by atoms with Crippen molar-refractivity contribution in [3.8, 4) is 0 Å². The molecule has 0 aromatic rings. The van der Waals surface area contributed by atoms with Gasteiger partial charge in [-0.2, -0.15) is 0 Å². The summed E-state index contributed by atoms with van der Waals surface area (Å²) in [6.45, 7) is 8.28. The number of carbonyl (C=O) groups excluding carboxylic acids is 1. The minimum Gasteiger partial charge on any atom is -0.465 e. The van der Waals surface area contributed by atoms with Crippen LogP contribution in [0.2, 0.25) is 0 Å². The van der Waals surface area contributed by atoms with E-state index in [9.17, 15) is 9.59 Å². The first-order valence-corrected chi connectivity index (χ1v) is 6.16. The van der Waals surface area contributed by atoms with E-state index >= 15 is 0 Å². The van der Waals surface area contributed by atoms with Crippen molar-refractivity contribution >= 4 is 12.2 Å². The lowest BCUT2D eigenvalue weighted by Gasteiger charge is -2.24. The van der Waals surface area contributed by atoms with Gasteiger partial charge in [-0.3, -0.25) is 0 Å². The van der Waals surface area contributed by atoms with Gasteiger partial charge in [0.25, 0.3) is 0 Å². The van der Waals surface area contributed by atoms with Crippen molar-refractivity contribution < 1.29 is 19.4 Å². The number of ether oxygens (including phenoxy) is 1. The maximum atomic E-state index is 11.6. The molecule has 6 nitrogen and oxygen atoms in total. The highest BCUT2D eigenvalue weighted by molar-refractivity contribution is 5.68. The van der Waals surface area contributed by atoms with E-state index in [2.05, 4.69) is 5.32 Å². The minimum absolute atomic E-state index is 0.0933. The summed E-state index contributed by atoms with van der Waals surface area (Å²) in [6.07, 6.45) is -0.589. The van der Waals surface area contributed by atoms with E-state index in [1.165, 1.54) is 4.90 Å². The zero-order valence-corrected chi connectivity index (χ0v) is 11.4. The number of carboxylic acid groups (broad SMARTS) is 1. The Kier molecular flexibility index (Phi) is 4.43. The third kappa shape index (κ3) is 4.43. The predicted octanol–water partition coefficient (Wildman–Crippen LogP) is 1.90. The number of nitrogens with zero attached hydrogens (tertiary/aromatic N) is 1. The van der Waals surface area contributed by atoms with Crippen molar-refractivity contribution in [2.45, 2.75) is 45.8 Å². The standard InChI is InChI=1S/C12H22N2O4/c1-8(13-10(15)18-12(2,3)4)9-5-6-14(7-9)11(16)17/h8-9H,5-7H2,1-4H3,(H,13,15)(H,16,17)/t8?,9-/m1/s1. The van der Waals surface area contributed by atoms with Crippen molar-refractivity contribution in [3.63, 3.8) is 0 Å². The molecule has 1 rings (SSSR count). The quantitative estimate of drug-likeness (QED) is 0.793. The molecular formula is C12H22N2O4. The van der Waals surface area contributed by atoms with Crippen LogP contribution in [0.4, 0.5) is 9.59 Å². The first-order valence-electron chi connectivity index (χ1n) is 6.16. The van der Waals surface area contributed by atoms with E-state index in [1.807, 2.05) is 6.92 Å². The molecule has 0 aliphatic carbocycles. The van der Waals surface area contributed by atoms with E-state index in [-0.39, 0.29) is 12.0 Å². The second-order valence-electron chi connectivity index (χ2n) is 5.71. The molecule has 2 amide bonds. The van der Waals surface area contributed by atoms with Crippen LogP contribution in [-0.4, -0.2) is 46.9 Å². The van der Waals surface area contributed by atoms with Crippen LogP contribution in [0.5, 0.6) is 0 Å². The molecule has 2 N–H and O–H groups in total. The van der Waals surface area contributed by atoms with Crippen LogP contribution in [0.1, 0.15) is 34.1 Å². The number of likely N-dealkylation sites (tertiary alicyclic amines) is 1. The van der Waals surface area contributed by atoms with Gasteiger partial charge in [-0.15, -0.1) is 0 Å². The summed E-state index contributed by atoms with van der Waals surface area (Å²) in [5.74, 6) is 0.147. The van der Waals surface area contributed by atoms with Gasteiger partial charge in [0.1, 0.15) is 5.60 Å². The van der Waals surface area contributed by atoms with Gasteiger partial charge in [0, 0.05) is 19.1 Å². The van der Waals surface area contributed by atoms with Gasteiger partial charge in [-0.1, -0.05) is 0 Å². The molecule has 0 spiro atoms. The van der Waals surface area contributed by atoms with E-state index in [0.29, 0.717) is 13.1 Å². The number of hydrogen-bond acceptors (Lipinski definition) is 3. The van der Waals surface area contributed by atoms with E-state index < -0.39 is 17.8 Å². The number of rotatable bonds is 2. The smallest absolute Gasteiger partial charge is 0.407 e. The number of carbonyl (C=O) groups is 2. The molecule has 0 radical (unpaired) electrons. The lowest BCUT2D eigenvalue weighted by Crippen LogP contribution is -2.42. The highest BCUT2D eigenvalue weighted by atomic mass is 16.6. The Morgan fingerprint density at radius 1 is 1.44 bits per heavy atom. The fourth-order valence-corrected chi connectivity index (χ4v) is 1.98. The second-order valence-corrected chi connectivity index (χ2v) is 5.71. The van der Waals surface area contributed by atoms with Crippen molar-refractivity contribution in [1.29, 1.82) is 0 Å². The third-order valence-electron chi connectivity index (χ3n) is 2.95. The maximum absolute atomic E-state index is 11.6. The summed E-state index contributed by atoms with van der Waals surface area (Å²) < 4.78 is 5.16. The molecule has 0 aromatic heterocycles. The number of nitrogens with one attached hydrogen (secondary N) is 1. The lowest BCUT2D eigenvalue weighted by molar-refractivity contribution is 0.0493. The van der Waals surface area contributed by atoms with Crippen molar-refractivity contribution in [2.75, 3.05) is 13.1 Å². The zero-order chi connectivity index (χ0) is 13.9. The predicted molar refractivity (Wildman–Crippen MR) is 66.5 cm³/mol. The average Bonchev–Trinajstić information content (AvgIpc) is 2.62. The fraction of sp³-hybridized carbons (Fsp3) is 0.833. The van der Waals surface area contributed by atoms with Gasteiger partial charge in [0.05, 0.1) is 0 Å². The molecule has 104 valence electrons. The minimum atomic E-state index is -0.901. The molecule has 18 heavy (non-hydrogen) atoms. The molecule has 0 aromatic carbocycles. The van der Waals surface area contributed by atoms with Crippen molar-refractivity contribution in [2.24, 2.45) is 5.92 Å². The summed E-state index contributed by atoms with van der Waals surface area (Å²) in [4.78, 5) is 23.7. The number of hydrogen-bond donors (Lipinski definition) is 2. The average molecular weight is 258 g/mol. The molecule has 0 saturated carbocycles. The normalized spacial score (nSPS) is 21.6. The van der Waals surface area contributed by atoms with E-state index in [1.54, 1.807) is 20.8 Å². The Morgan fingerprint density at radius 2 is 2.06 bits per heavy atom. The van der Waals surface area contributed by atoms with Gasteiger partial charge >= 0.3 is 12.2 Å². The van der Waals surface area contributed by atoms with Crippen molar-refractivity contribution in [1.82, 2.24) is 10.2 Å². The van der Waals surface area contributed by atoms with Gasteiger partial charge in [0.2, 0.25) is 0 Å². The molecule has 0 bridgehead atoms. The molecule has 1 heterocycles. The molecule has 1 fully saturated rings. The largest absolute Gasteiger partial charge is 0.465 e. The van der Waals surface area contributed by atoms with Gasteiger partial charge < -0.3 is 20.1 Å². The molecule has 1 saturated heterocycles. The van der Waals surface area contributed by atoms with Crippen LogP contribution in [0.3, 0.4) is 0 Å². The van der Waals surface area contributed by atoms with E-state index in [0.717, 1.165) is 6.42 Å². The summed E-state index contributed by atoms with van der Waals surface area (Å²) in [6, 6.07) is -0.0933. The Labute approximate surface area is 107 Å². The van der Waals surface area contributed by atoms with Crippen molar-refractivity contribution in [3.05, 3.63) is 0 Å². The van der Waals surface area contributed by atoms with Gasteiger partial charge in [-0.25, -0.2) is 9.59 Å². The molecule has 1 unspecified atom stereocenters. The van der Waals surface area contributed by atoms with E-state index in [4.69, 9.17) is 9.84 Å². The number of amides is 2. The lowest BCUT2D eigenvalue weighted by atomic mass is 10.0. The van der Waals surface area contributed by atoms with Gasteiger partial charge in [-0.05, 0) is 40.0 Å². The van der Waals surface area contributed by atoms with Crippen LogP contribution in [0.15, 0.2) is 0 Å². The molecule has 1 aliphatic rings. The molecule has 6 heteroatoms. The van der Waals surface area contributed by atoms with Crippen LogP contribution in [-0.2, 0) is 4.74 Å². The van der Waals surface area contributed by atoms with Crippen LogP contribution < -0.4 is 5.32 Å². The first kappa shape index (κ1) is 14.6. The monoisotopic (exact) mass is 258 g/mol. The molecule has 2 atom stereocenters. The Morgan fingerprint density at radius 3 is 2.50 bits per heavy atom. The summed E-state index contributed by atoms with van der Waals surface area (Å²) in [7, 11) is 0. The van der Waals surface area contributed by atoms with Crippen LogP contribution in [0.25, 0.3) is 0 Å². The van der Waals surface area contributed by atoms with Crippen LogP contribution in [0, 0.1) is 5.92 Å². The molecular weight excluding hydrogens is 236 g/mol. The third-order valence-corrected chi connectivity index (χ3v) is 2.95. The fourth-order valence-electron chi connectivity index (χ4n) is 1.98. The number of alkyl carbamates (subject to hydrolysis) is 1. The zero-order valence-electron chi connectivity index (χ0n) is 11.4. The Bertz CT molecular complexity index is 325. The SMILES string of the molecule is CC(NC(=O)OC(C)(C)C)[C@@H]1CCN(C(=O)O)C1.